The summed E-state index contributed by atoms with van der Waals surface area (Å²) in [6.07, 6.45) is -0.834. The zero-order valence-electron chi connectivity index (χ0n) is 14.6. The summed E-state index contributed by atoms with van der Waals surface area (Å²) in [5.74, 6) is -0.327. The number of anilines is 1. The van der Waals surface area contributed by atoms with Crippen LogP contribution in [0.4, 0.5) is 10.6 Å². The number of hydrogen-bond donors (Lipinski definition) is 2. The molecule has 25 heavy (non-hydrogen) atoms. The monoisotopic (exact) mass is 410 g/mol. The Kier molecular flexibility index (Phi) is 5.17. The Morgan fingerprint density at radius 3 is 2.32 bits per heavy atom. The Labute approximate surface area is 152 Å². The molecule has 0 unspecified atom stereocenters. The van der Waals surface area contributed by atoms with Crippen molar-refractivity contribution in [2.45, 2.75) is 40.2 Å². The molecule has 2 N–H and O–H groups in total. The van der Waals surface area contributed by atoms with E-state index in [1.54, 1.807) is 32.9 Å². The van der Waals surface area contributed by atoms with Gasteiger partial charge in [0.1, 0.15) is 5.60 Å². The number of carbonyl (C=O) groups excluding carboxylic acids is 1. The first-order valence-corrected chi connectivity index (χ1v) is 8.28. The highest BCUT2D eigenvalue weighted by molar-refractivity contribution is 9.10. The molecule has 1 aromatic carbocycles. The molecule has 9 heteroatoms. The van der Waals surface area contributed by atoms with Gasteiger partial charge >= 0.3 is 11.8 Å². The van der Waals surface area contributed by atoms with Crippen molar-refractivity contribution in [3.63, 3.8) is 0 Å². The first-order valence-electron chi connectivity index (χ1n) is 7.49. The number of hydrogen-bond acceptors (Lipinski definition) is 5. The zero-order valence-corrected chi connectivity index (χ0v) is 16.1. The van der Waals surface area contributed by atoms with E-state index in [9.17, 15) is 14.4 Å². The largest absolute Gasteiger partial charge is 0.444 e. The van der Waals surface area contributed by atoms with E-state index in [4.69, 9.17) is 4.74 Å². The zero-order chi connectivity index (χ0) is 18.9. The van der Waals surface area contributed by atoms with E-state index in [0.29, 0.717) is 5.69 Å². The Balaban J connectivity index is 2.47. The predicted molar refractivity (Wildman–Crippen MR) is 97.5 cm³/mol. The standard InChI is InChI=1S/C16H19BrN4O4/c1-8-6-10(7-9(2)11(8)17)21-14(23)19-13(22)12(20-21)18-15(24)25-16(3,4)5/h6-7H,1-5H3,(H,18,20,24)(H,19,22,23). The highest BCUT2D eigenvalue weighted by atomic mass is 79.9. The van der Waals surface area contributed by atoms with Crippen LogP contribution in [0.2, 0.25) is 0 Å². The number of nitrogens with zero attached hydrogens (tertiary/aromatic N) is 2. The average Bonchev–Trinajstić information content (AvgIpc) is 2.45. The van der Waals surface area contributed by atoms with Gasteiger partial charge in [-0.15, -0.1) is 5.10 Å². The summed E-state index contributed by atoms with van der Waals surface area (Å²) < 4.78 is 7.02. The summed E-state index contributed by atoms with van der Waals surface area (Å²) in [5, 5.41) is 6.22. The fourth-order valence-electron chi connectivity index (χ4n) is 2.10. The number of nitrogens with one attached hydrogen (secondary N) is 2. The summed E-state index contributed by atoms with van der Waals surface area (Å²) in [4.78, 5) is 38.0. The van der Waals surface area contributed by atoms with E-state index >= 15 is 0 Å². The number of aromatic nitrogens is 3. The van der Waals surface area contributed by atoms with Crippen molar-refractivity contribution in [2.75, 3.05) is 5.32 Å². The number of carbonyl (C=O) groups is 1. The molecule has 2 aromatic rings. The van der Waals surface area contributed by atoms with E-state index in [0.717, 1.165) is 20.3 Å². The molecule has 0 radical (unpaired) electrons. The van der Waals surface area contributed by atoms with Gasteiger partial charge < -0.3 is 4.74 Å². The third-order valence-corrected chi connectivity index (χ3v) is 4.36. The molecule has 134 valence electrons. The first kappa shape index (κ1) is 18.9. The summed E-state index contributed by atoms with van der Waals surface area (Å²) in [5.41, 5.74) is 0.0175. The number of halogens is 1. The number of ether oxygens (including phenoxy) is 1. The topological polar surface area (TPSA) is 106 Å². The fraction of sp³-hybridized carbons (Fsp3) is 0.375. The molecule has 1 amide bonds. The molecule has 1 heterocycles. The first-order chi connectivity index (χ1) is 11.5. The molecular weight excluding hydrogens is 392 g/mol. The maximum atomic E-state index is 12.1. The Bertz CT molecular complexity index is 917. The maximum absolute atomic E-state index is 12.1. The molecule has 0 saturated carbocycles. The van der Waals surface area contributed by atoms with Gasteiger partial charge in [-0.1, -0.05) is 15.9 Å². The van der Waals surface area contributed by atoms with Gasteiger partial charge in [0.2, 0.25) is 5.82 Å². The normalized spacial score (nSPS) is 11.3. The van der Waals surface area contributed by atoms with E-state index in [-0.39, 0.29) is 5.82 Å². The van der Waals surface area contributed by atoms with Crippen LogP contribution in [-0.4, -0.2) is 26.5 Å². The van der Waals surface area contributed by atoms with Crippen LogP contribution in [0.25, 0.3) is 5.69 Å². The number of amides is 1. The average molecular weight is 411 g/mol. The summed E-state index contributed by atoms with van der Waals surface area (Å²) >= 11 is 3.45. The van der Waals surface area contributed by atoms with Gasteiger partial charge in [0.05, 0.1) is 5.69 Å². The summed E-state index contributed by atoms with van der Waals surface area (Å²) in [7, 11) is 0. The van der Waals surface area contributed by atoms with E-state index < -0.39 is 22.9 Å². The van der Waals surface area contributed by atoms with E-state index in [1.165, 1.54) is 0 Å². The Morgan fingerprint density at radius 2 is 1.80 bits per heavy atom. The van der Waals surface area contributed by atoms with E-state index in [1.807, 2.05) is 13.8 Å². The van der Waals surface area contributed by atoms with Gasteiger partial charge in [-0.25, -0.2) is 9.59 Å². The molecule has 8 nitrogen and oxygen atoms in total. The highest BCUT2D eigenvalue weighted by Gasteiger charge is 2.19. The van der Waals surface area contributed by atoms with Gasteiger partial charge in [-0.3, -0.25) is 15.1 Å². The minimum absolute atomic E-state index is 0.327. The molecule has 1 aromatic heterocycles. The number of rotatable bonds is 2. The molecule has 0 fully saturated rings. The van der Waals surface area contributed by atoms with Crippen LogP contribution in [-0.2, 0) is 4.74 Å². The van der Waals surface area contributed by atoms with Gasteiger partial charge in [-0.2, -0.15) is 4.68 Å². The third kappa shape index (κ3) is 4.56. The molecule has 0 bridgehead atoms. The lowest BCUT2D eigenvalue weighted by Gasteiger charge is -2.19. The smallest absolute Gasteiger partial charge is 0.413 e. The number of aromatic amines is 1. The van der Waals surface area contributed by atoms with Crippen LogP contribution in [0.15, 0.2) is 26.2 Å². The van der Waals surface area contributed by atoms with Crippen LogP contribution >= 0.6 is 15.9 Å². The lowest BCUT2D eigenvalue weighted by Crippen LogP contribution is -2.36. The van der Waals surface area contributed by atoms with Gasteiger partial charge in [0.25, 0.3) is 5.56 Å². The lowest BCUT2D eigenvalue weighted by molar-refractivity contribution is 0.0634. The molecule has 0 aliphatic heterocycles. The molecular formula is C16H19BrN4O4. The van der Waals surface area contributed by atoms with Gasteiger partial charge in [-0.05, 0) is 57.9 Å². The minimum atomic E-state index is -0.834. The van der Waals surface area contributed by atoms with Crippen molar-refractivity contribution in [2.24, 2.45) is 0 Å². The van der Waals surface area contributed by atoms with Crippen LogP contribution in [0.1, 0.15) is 31.9 Å². The molecule has 0 spiro atoms. The molecule has 0 aliphatic carbocycles. The van der Waals surface area contributed by atoms with Crippen LogP contribution in [0.3, 0.4) is 0 Å². The number of benzene rings is 1. The van der Waals surface area contributed by atoms with Crippen LogP contribution < -0.4 is 16.6 Å². The van der Waals surface area contributed by atoms with E-state index in [2.05, 4.69) is 31.3 Å². The van der Waals surface area contributed by atoms with Crippen molar-refractivity contribution in [3.05, 3.63) is 48.6 Å². The van der Waals surface area contributed by atoms with Crippen molar-refractivity contribution >= 4 is 27.8 Å². The predicted octanol–water partition coefficient (Wildman–Crippen LogP) is 2.65. The molecule has 0 aliphatic rings. The number of aryl methyl sites for hydroxylation is 2. The molecule has 0 atom stereocenters. The SMILES string of the molecule is Cc1cc(-n2nc(NC(=O)OC(C)(C)C)c(=O)[nH]c2=O)cc(C)c1Br. The van der Waals surface area contributed by atoms with Gasteiger partial charge in [0, 0.05) is 4.47 Å². The Hall–Kier alpha value is -2.42. The lowest BCUT2D eigenvalue weighted by atomic mass is 10.1. The quantitative estimate of drug-likeness (QED) is 0.791. The summed E-state index contributed by atoms with van der Waals surface area (Å²) in [6, 6.07) is 3.47. The van der Waals surface area contributed by atoms with Crippen LogP contribution in [0.5, 0.6) is 0 Å². The third-order valence-electron chi connectivity index (χ3n) is 3.11. The number of H-pyrrole nitrogens is 1. The maximum Gasteiger partial charge on any atom is 0.413 e. The van der Waals surface area contributed by atoms with Crippen molar-refractivity contribution in [1.82, 2.24) is 14.8 Å². The fourth-order valence-corrected chi connectivity index (χ4v) is 2.33. The second-order valence-corrected chi connectivity index (χ2v) is 7.33. The minimum Gasteiger partial charge on any atom is -0.444 e. The van der Waals surface area contributed by atoms with Gasteiger partial charge in [0.15, 0.2) is 0 Å². The van der Waals surface area contributed by atoms with Crippen molar-refractivity contribution in [1.29, 1.82) is 0 Å². The highest BCUT2D eigenvalue weighted by Crippen LogP contribution is 2.23. The second kappa shape index (κ2) is 6.83. The summed E-state index contributed by atoms with van der Waals surface area (Å²) in [6.45, 7) is 8.82. The Morgan fingerprint density at radius 1 is 1.24 bits per heavy atom. The van der Waals surface area contributed by atoms with Crippen molar-refractivity contribution < 1.29 is 9.53 Å². The molecule has 0 saturated heterocycles. The van der Waals surface area contributed by atoms with Crippen molar-refractivity contribution in [3.8, 4) is 5.69 Å². The second-order valence-electron chi connectivity index (χ2n) is 6.54. The van der Waals surface area contributed by atoms with Crippen LogP contribution in [0, 0.1) is 13.8 Å². The molecule has 2 rings (SSSR count).